The summed E-state index contributed by atoms with van der Waals surface area (Å²) >= 11 is 0. The van der Waals surface area contributed by atoms with Gasteiger partial charge in [-0.15, -0.1) is 5.10 Å². The fourth-order valence-corrected chi connectivity index (χ4v) is 2.69. The number of pyridine rings is 1. The van der Waals surface area contributed by atoms with E-state index in [9.17, 15) is 9.18 Å². The monoisotopic (exact) mass is 364 g/mol. The van der Waals surface area contributed by atoms with E-state index in [1.54, 1.807) is 18.5 Å². The highest BCUT2D eigenvalue weighted by Gasteiger charge is 2.21. The first-order valence-electron chi connectivity index (χ1n) is 7.88. The van der Waals surface area contributed by atoms with Crippen molar-refractivity contribution >= 4 is 23.1 Å². The molecule has 0 saturated heterocycles. The van der Waals surface area contributed by atoms with Crippen LogP contribution in [0.4, 0.5) is 15.9 Å². The molecule has 27 heavy (non-hydrogen) atoms. The van der Waals surface area contributed by atoms with Gasteiger partial charge in [0.15, 0.2) is 17.3 Å². The summed E-state index contributed by atoms with van der Waals surface area (Å²) in [4.78, 5) is 20.8. The van der Waals surface area contributed by atoms with E-state index in [4.69, 9.17) is 5.73 Å². The molecule has 0 spiro atoms. The third kappa shape index (κ3) is 2.92. The van der Waals surface area contributed by atoms with Gasteiger partial charge in [-0.2, -0.15) is 10.2 Å². The van der Waals surface area contributed by atoms with E-state index in [1.165, 1.54) is 6.20 Å². The summed E-state index contributed by atoms with van der Waals surface area (Å²) < 4.78 is 14.4. The number of fused-ring (bicyclic) bond motifs is 1. The summed E-state index contributed by atoms with van der Waals surface area (Å²) in [6.45, 7) is 1.89. The van der Waals surface area contributed by atoms with Crippen LogP contribution >= 0.6 is 0 Å². The molecule has 3 N–H and O–H groups in total. The Bertz CT molecular complexity index is 1170. The zero-order valence-corrected chi connectivity index (χ0v) is 14.1. The molecule has 0 aliphatic carbocycles. The van der Waals surface area contributed by atoms with Crippen molar-refractivity contribution in [3.63, 3.8) is 0 Å². The average molecular weight is 364 g/mol. The largest absolute Gasteiger partial charge is 0.381 e. The van der Waals surface area contributed by atoms with E-state index < -0.39 is 11.7 Å². The number of aromatic nitrogens is 6. The Labute approximate surface area is 152 Å². The molecule has 0 aliphatic heterocycles. The Morgan fingerprint density at radius 1 is 1.26 bits per heavy atom. The second-order valence-corrected chi connectivity index (χ2v) is 5.74. The summed E-state index contributed by atoms with van der Waals surface area (Å²) in [5.74, 6) is -1.20. The number of carbonyl (C=O) groups is 1. The van der Waals surface area contributed by atoms with E-state index in [-0.39, 0.29) is 17.0 Å². The van der Waals surface area contributed by atoms with Crippen molar-refractivity contribution in [3.05, 3.63) is 60.1 Å². The molecule has 0 unspecified atom stereocenters. The Kier molecular flexibility index (Phi) is 3.92. The van der Waals surface area contributed by atoms with Crippen molar-refractivity contribution in [2.45, 2.75) is 6.92 Å². The smallest absolute Gasteiger partial charge is 0.263 e. The zero-order chi connectivity index (χ0) is 19.0. The quantitative estimate of drug-likeness (QED) is 0.568. The number of aryl methyl sites for hydroxylation is 1. The van der Waals surface area contributed by atoms with Gasteiger partial charge < -0.3 is 11.1 Å². The minimum atomic E-state index is -0.593. The molecule has 10 heteroatoms. The van der Waals surface area contributed by atoms with E-state index in [2.05, 4.69) is 30.6 Å². The third-order valence-corrected chi connectivity index (χ3v) is 3.94. The highest BCUT2D eigenvalue weighted by molar-refractivity contribution is 6.12. The number of nitrogens with one attached hydrogen (secondary N) is 1. The number of halogens is 1. The second-order valence-electron chi connectivity index (χ2n) is 5.74. The van der Waals surface area contributed by atoms with Crippen molar-refractivity contribution in [2.24, 2.45) is 0 Å². The van der Waals surface area contributed by atoms with E-state index in [1.807, 2.05) is 13.0 Å². The summed E-state index contributed by atoms with van der Waals surface area (Å²) in [5, 5.41) is 14.7. The van der Waals surface area contributed by atoms with Crippen LogP contribution < -0.4 is 11.1 Å². The Hall–Kier alpha value is -3.95. The summed E-state index contributed by atoms with van der Waals surface area (Å²) in [6, 6.07) is 3.54. The first-order valence-corrected chi connectivity index (χ1v) is 7.88. The molecule has 134 valence electrons. The maximum atomic E-state index is 13.3. The number of hydrogen-bond donors (Lipinski definition) is 2. The van der Waals surface area contributed by atoms with E-state index >= 15 is 0 Å². The Balaban J connectivity index is 1.75. The van der Waals surface area contributed by atoms with Crippen LogP contribution in [0.5, 0.6) is 0 Å². The zero-order valence-electron chi connectivity index (χ0n) is 14.1. The van der Waals surface area contributed by atoms with Gasteiger partial charge in [0.25, 0.3) is 5.91 Å². The third-order valence-electron chi connectivity index (χ3n) is 3.94. The molecule has 0 aromatic carbocycles. The van der Waals surface area contributed by atoms with Crippen LogP contribution in [0.3, 0.4) is 0 Å². The molecule has 9 nitrogen and oxygen atoms in total. The van der Waals surface area contributed by atoms with Gasteiger partial charge in [-0.3, -0.25) is 9.78 Å². The molecule has 1 amide bonds. The minimum absolute atomic E-state index is 0.0423. The minimum Gasteiger partial charge on any atom is -0.381 e. The van der Waals surface area contributed by atoms with Gasteiger partial charge in [0.05, 0.1) is 30.0 Å². The molecule has 4 heterocycles. The van der Waals surface area contributed by atoms with E-state index in [0.717, 1.165) is 22.5 Å². The van der Waals surface area contributed by atoms with Crippen molar-refractivity contribution in [1.82, 2.24) is 29.8 Å². The lowest BCUT2D eigenvalue weighted by atomic mass is 10.1. The van der Waals surface area contributed by atoms with Crippen LogP contribution in [0.15, 0.2) is 43.1 Å². The molecule has 0 saturated carbocycles. The van der Waals surface area contributed by atoms with Crippen LogP contribution in [0, 0.1) is 12.7 Å². The normalized spacial score (nSPS) is 10.9. The molecule has 0 atom stereocenters. The lowest BCUT2D eigenvalue weighted by molar-refractivity contribution is 0.102. The maximum Gasteiger partial charge on any atom is 0.263 e. The number of amides is 1. The fourth-order valence-electron chi connectivity index (χ4n) is 2.69. The molecule has 0 bridgehead atoms. The molecule has 0 aliphatic rings. The predicted octanol–water partition coefficient (Wildman–Crippen LogP) is 1.86. The van der Waals surface area contributed by atoms with Crippen LogP contribution in [0.1, 0.15) is 15.9 Å². The van der Waals surface area contributed by atoms with Gasteiger partial charge >= 0.3 is 0 Å². The average Bonchev–Trinajstić information content (AvgIpc) is 2.97. The number of nitrogens with two attached hydrogens (primary N) is 1. The molecular weight excluding hydrogens is 351 g/mol. The Morgan fingerprint density at radius 3 is 2.93 bits per heavy atom. The van der Waals surface area contributed by atoms with Crippen LogP contribution in [-0.4, -0.2) is 35.7 Å². The van der Waals surface area contributed by atoms with Gasteiger partial charge in [0.1, 0.15) is 5.56 Å². The van der Waals surface area contributed by atoms with Crippen LogP contribution in [-0.2, 0) is 0 Å². The highest BCUT2D eigenvalue weighted by Crippen LogP contribution is 2.28. The summed E-state index contributed by atoms with van der Waals surface area (Å²) in [6.07, 6.45) is 6.76. The maximum absolute atomic E-state index is 13.3. The Morgan fingerprint density at radius 2 is 2.11 bits per heavy atom. The summed E-state index contributed by atoms with van der Waals surface area (Å²) in [7, 11) is 0. The van der Waals surface area contributed by atoms with Crippen molar-refractivity contribution in [1.29, 1.82) is 0 Å². The lowest BCUT2D eigenvalue weighted by Crippen LogP contribution is -2.15. The SMILES string of the molecule is Cc1ccnnc1-c1ccncc1NC(=O)c1c(N)nn2cc(F)cnc12. The van der Waals surface area contributed by atoms with Crippen molar-refractivity contribution in [2.75, 3.05) is 11.1 Å². The van der Waals surface area contributed by atoms with E-state index in [0.29, 0.717) is 16.9 Å². The van der Waals surface area contributed by atoms with Gasteiger partial charge in [-0.05, 0) is 24.6 Å². The standard InChI is InChI=1S/C17H13FN8O/c1-9-2-5-22-24-14(9)11-3-4-20-7-12(11)23-17(27)13-15(19)25-26-8-10(18)6-21-16(13)26/h2-8H,1H3,(H2,19,25)(H,23,27). The molecule has 0 fully saturated rings. The topological polar surface area (TPSA) is 124 Å². The molecule has 4 aromatic heterocycles. The number of rotatable bonds is 3. The molecular formula is C17H13FN8O. The highest BCUT2D eigenvalue weighted by atomic mass is 19.1. The number of anilines is 2. The molecule has 4 rings (SSSR count). The number of carbonyl (C=O) groups excluding carboxylic acids is 1. The first kappa shape index (κ1) is 16.5. The lowest BCUT2D eigenvalue weighted by Gasteiger charge is -2.11. The first-order chi connectivity index (χ1) is 13.0. The number of nitrogens with zero attached hydrogens (tertiary/aromatic N) is 6. The van der Waals surface area contributed by atoms with Gasteiger partial charge in [0.2, 0.25) is 0 Å². The predicted molar refractivity (Wildman–Crippen MR) is 95.3 cm³/mol. The van der Waals surface area contributed by atoms with Gasteiger partial charge in [0, 0.05) is 18.0 Å². The van der Waals surface area contributed by atoms with Crippen molar-refractivity contribution < 1.29 is 9.18 Å². The summed E-state index contributed by atoms with van der Waals surface area (Å²) in [5.41, 5.74) is 8.60. The number of hydrogen-bond acceptors (Lipinski definition) is 7. The van der Waals surface area contributed by atoms with Crippen molar-refractivity contribution in [3.8, 4) is 11.3 Å². The fraction of sp³-hybridized carbons (Fsp3) is 0.0588. The van der Waals surface area contributed by atoms with Gasteiger partial charge in [-0.1, -0.05) is 0 Å². The second kappa shape index (κ2) is 6.41. The number of nitrogen functional groups attached to an aromatic ring is 1. The van der Waals surface area contributed by atoms with Crippen LogP contribution in [0.2, 0.25) is 0 Å². The van der Waals surface area contributed by atoms with Gasteiger partial charge in [-0.25, -0.2) is 13.9 Å². The molecule has 0 radical (unpaired) electrons. The molecule has 4 aromatic rings. The van der Waals surface area contributed by atoms with Crippen LogP contribution in [0.25, 0.3) is 16.9 Å².